The fourth-order valence-corrected chi connectivity index (χ4v) is 2.06. The number of urea groups is 1. The number of rotatable bonds is 3. The quantitative estimate of drug-likeness (QED) is 0.592. The third-order valence-corrected chi connectivity index (χ3v) is 3.22. The Hall–Kier alpha value is -2.87. The van der Waals surface area contributed by atoms with Gasteiger partial charge in [0, 0.05) is 12.5 Å². The van der Waals surface area contributed by atoms with E-state index in [-0.39, 0.29) is 12.2 Å². The number of carbonyl (C=O) groups is 1. The van der Waals surface area contributed by atoms with Crippen molar-refractivity contribution >= 4 is 6.03 Å². The van der Waals surface area contributed by atoms with Crippen LogP contribution in [-0.4, -0.2) is 17.8 Å². The Labute approximate surface area is 136 Å². The Balaban J connectivity index is 0.000000368. The molecule has 128 valence electrons. The lowest BCUT2D eigenvalue weighted by Gasteiger charge is -2.09. The fraction of sp³-hybridized carbons (Fsp3) is 0.188. The summed E-state index contributed by atoms with van der Waals surface area (Å²) >= 11 is 0. The van der Waals surface area contributed by atoms with E-state index in [2.05, 4.69) is 5.73 Å². The lowest BCUT2D eigenvalue weighted by atomic mass is 10.1. The molecule has 0 fully saturated rings. The molecule has 6 nitrogen and oxygen atoms in total. The summed E-state index contributed by atoms with van der Waals surface area (Å²) < 4.78 is 37.7. The maximum absolute atomic E-state index is 13.4. The summed E-state index contributed by atoms with van der Waals surface area (Å²) in [6.07, 6.45) is 0.886. The molecule has 0 spiro atoms. The van der Waals surface area contributed by atoms with Crippen LogP contribution < -0.4 is 20.7 Å². The summed E-state index contributed by atoms with van der Waals surface area (Å²) in [6.45, 7) is 0.526. The highest BCUT2D eigenvalue weighted by molar-refractivity contribution is 5.69. The first-order chi connectivity index (χ1) is 11.5. The first-order valence-electron chi connectivity index (χ1n) is 7.02. The van der Waals surface area contributed by atoms with Crippen LogP contribution >= 0.6 is 0 Å². The zero-order valence-corrected chi connectivity index (χ0v) is 12.6. The van der Waals surface area contributed by atoms with E-state index in [0.717, 1.165) is 17.7 Å². The van der Waals surface area contributed by atoms with Gasteiger partial charge in [-0.05, 0) is 23.8 Å². The van der Waals surface area contributed by atoms with Crippen molar-refractivity contribution < 1.29 is 28.3 Å². The van der Waals surface area contributed by atoms with E-state index in [1.54, 1.807) is 12.1 Å². The molecule has 0 saturated heterocycles. The van der Waals surface area contributed by atoms with Gasteiger partial charge in [-0.1, -0.05) is 12.1 Å². The average molecular weight is 338 g/mol. The molecular formula is C16H16F2N2O4. The van der Waals surface area contributed by atoms with Crippen LogP contribution in [-0.2, 0) is 13.0 Å². The topological polar surface area (TPSA) is 93.8 Å². The van der Waals surface area contributed by atoms with Gasteiger partial charge in [-0.25, -0.2) is 19.1 Å². The minimum absolute atomic E-state index is 0.0658. The van der Waals surface area contributed by atoms with Crippen molar-refractivity contribution in [2.45, 2.75) is 13.0 Å². The van der Waals surface area contributed by atoms with Crippen molar-refractivity contribution in [1.82, 2.24) is 5.48 Å². The van der Waals surface area contributed by atoms with E-state index in [1.165, 1.54) is 23.7 Å². The van der Waals surface area contributed by atoms with Crippen molar-refractivity contribution in [2.24, 2.45) is 5.73 Å². The van der Waals surface area contributed by atoms with Crippen LogP contribution in [0.5, 0.6) is 11.5 Å². The standard InChI is InChI=1S/C15H12F2O2.CH4N2O2/c16-13-2-1-3-14(17)12(13)9-19-11-5-4-10-6-7-18-15(10)8-11;2-1(4)3-5/h1-5,8H,6-7,9H2;5H,(H3,2,3,4). The highest BCUT2D eigenvalue weighted by atomic mass is 19.1. The Morgan fingerprint density at radius 2 is 1.96 bits per heavy atom. The van der Waals surface area contributed by atoms with Gasteiger partial charge in [0.2, 0.25) is 0 Å². The fourth-order valence-electron chi connectivity index (χ4n) is 2.06. The van der Waals surface area contributed by atoms with Crippen LogP contribution in [0.15, 0.2) is 36.4 Å². The Morgan fingerprint density at radius 1 is 1.29 bits per heavy atom. The molecule has 4 N–H and O–H groups in total. The summed E-state index contributed by atoms with van der Waals surface area (Å²) in [4.78, 5) is 9.23. The minimum atomic E-state index is -0.940. The van der Waals surface area contributed by atoms with Crippen LogP contribution in [0, 0.1) is 11.6 Å². The van der Waals surface area contributed by atoms with Gasteiger partial charge in [-0.15, -0.1) is 0 Å². The Morgan fingerprint density at radius 3 is 2.58 bits per heavy atom. The summed E-state index contributed by atoms with van der Waals surface area (Å²) in [5, 5.41) is 7.42. The molecule has 0 radical (unpaired) electrons. The molecule has 0 unspecified atom stereocenters. The van der Waals surface area contributed by atoms with Gasteiger partial charge >= 0.3 is 6.03 Å². The van der Waals surface area contributed by atoms with Gasteiger partial charge in [0.15, 0.2) is 0 Å². The predicted octanol–water partition coefficient (Wildman–Crippen LogP) is 2.52. The van der Waals surface area contributed by atoms with Crippen molar-refractivity contribution in [1.29, 1.82) is 0 Å². The predicted molar refractivity (Wildman–Crippen MR) is 80.8 cm³/mol. The molecule has 1 heterocycles. The monoisotopic (exact) mass is 338 g/mol. The number of primary amides is 1. The van der Waals surface area contributed by atoms with Gasteiger partial charge in [0.1, 0.15) is 29.7 Å². The molecule has 0 aromatic heterocycles. The van der Waals surface area contributed by atoms with E-state index >= 15 is 0 Å². The summed E-state index contributed by atoms with van der Waals surface area (Å²) in [5.74, 6) is 0.129. The number of halogens is 2. The first-order valence-corrected chi connectivity index (χ1v) is 7.02. The Bertz CT molecular complexity index is 705. The summed E-state index contributed by atoms with van der Waals surface area (Å²) in [5.41, 5.74) is 6.52. The van der Waals surface area contributed by atoms with Gasteiger partial charge in [-0.3, -0.25) is 5.21 Å². The number of hydroxylamine groups is 1. The van der Waals surface area contributed by atoms with E-state index < -0.39 is 17.7 Å². The van der Waals surface area contributed by atoms with E-state index in [4.69, 9.17) is 14.7 Å². The first kappa shape index (κ1) is 17.5. The minimum Gasteiger partial charge on any atom is -0.493 e. The zero-order valence-electron chi connectivity index (χ0n) is 12.6. The highest BCUT2D eigenvalue weighted by Gasteiger charge is 2.13. The van der Waals surface area contributed by atoms with Crippen LogP contribution in [0.4, 0.5) is 13.6 Å². The van der Waals surface area contributed by atoms with E-state index in [1.807, 2.05) is 6.07 Å². The molecule has 2 amide bonds. The average Bonchev–Trinajstić information content (AvgIpc) is 3.02. The van der Waals surface area contributed by atoms with Crippen LogP contribution in [0.2, 0.25) is 0 Å². The lowest BCUT2D eigenvalue weighted by Crippen LogP contribution is -2.25. The molecule has 2 aromatic carbocycles. The van der Waals surface area contributed by atoms with Gasteiger partial charge < -0.3 is 15.2 Å². The van der Waals surface area contributed by atoms with E-state index in [0.29, 0.717) is 12.4 Å². The number of fused-ring (bicyclic) bond motifs is 1. The molecule has 8 heteroatoms. The van der Waals surface area contributed by atoms with Gasteiger partial charge in [0.25, 0.3) is 0 Å². The lowest BCUT2D eigenvalue weighted by molar-refractivity contribution is 0.169. The van der Waals surface area contributed by atoms with Crippen molar-refractivity contribution in [3.05, 3.63) is 59.2 Å². The molecule has 24 heavy (non-hydrogen) atoms. The molecule has 1 aliphatic rings. The van der Waals surface area contributed by atoms with Crippen molar-refractivity contribution in [3.8, 4) is 11.5 Å². The molecular weight excluding hydrogens is 322 g/mol. The number of nitrogens with one attached hydrogen (secondary N) is 1. The summed E-state index contributed by atoms with van der Waals surface area (Å²) in [6, 6.07) is 8.27. The van der Waals surface area contributed by atoms with Crippen molar-refractivity contribution in [2.75, 3.05) is 6.61 Å². The largest absolute Gasteiger partial charge is 0.493 e. The number of carbonyl (C=O) groups excluding carboxylic acids is 1. The molecule has 2 aromatic rings. The number of amides is 2. The SMILES string of the molecule is Fc1cccc(F)c1COc1ccc2c(c1)OCC2.NC(=O)NO. The summed E-state index contributed by atoms with van der Waals surface area (Å²) in [7, 11) is 0. The second kappa shape index (κ2) is 8.11. The molecule has 0 bridgehead atoms. The van der Waals surface area contributed by atoms with Gasteiger partial charge in [-0.2, -0.15) is 0 Å². The van der Waals surface area contributed by atoms with E-state index in [9.17, 15) is 13.6 Å². The second-order valence-electron chi connectivity index (χ2n) is 4.83. The third-order valence-electron chi connectivity index (χ3n) is 3.22. The number of benzene rings is 2. The molecule has 0 atom stereocenters. The number of nitrogens with two attached hydrogens (primary N) is 1. The smallest absolute Gasteiger partial charge is 0.335 e. The molecule has 0 aliphatic carbocycles. The number of ether oxygens (including phenoxy) is 2. The molecule has 0 saturated carbocycles. The van der Waals surface area contributed by atoms with Crippen molar-refractivity contribution in [3.63, 3.8) is 0 Å². The third kappa shape index (κ3) is 4.56. The maximum Gasteiger partial charge on any atom is 0.335 e. The van der Waals surface area contributed by atoms with Crippen LogP contribution in [0.3, 0.4) is 0 Å². The maximum atomic E-state index is 13.4. The van der Waals surface area contributed by atoms with Crippen LogP contribution in [0.25, 0.3) is 0 Å². The molecule has 1 aliphatic heterocycles. The molecule has 3 rings (SSSR count). The Kier molecular flexibility index (Phi) is 5.91. The zero-order chi connectivity index (χ0) is 17.5. The van der Waals surface area contributed by atoms with Crippen LogP contribution in [0.1, 0.15) is 11.1 Å². The highest BCUT2D eigenvalue weighted by Crippen LogP contribution is 2.30. The number of hydrogen-bond acceptors (Lipinski definition) is 4. The normalized spacial score (nSPS) is 11.6. The number of hydrogen-bond donors (Lipinski definition) is 3. The van der Waals surface area contributed by atoms with Gasteiger partial charge in [0.05, 0.1) is 12.2 Å². The second-order valence-corrected chi connectivity index (χ2v) is 4.83.